The van der Waals surface area contributed by atoms with Crippen LogP contribution in [0.2, 0.25) is 0 Å². The zero-order valence-corrected chi connectivity index (χ0v) is 17.7. The highest BCUT2D eigenvalue weighted by molar-refractivity contribution is 7.98. The van der Waals surface area contributed by atoms with Crippen LogP contribution in [0.3, 0.4) is 0 Å². The Bertz CT molecular complexity index is 848. The van der Waals surface area contributed by atoms with Gasteiger partial charge < -0.3 is 5.11 Å². The van der Waals surface area contributed by atoms with Crippen LogP contribution in [0.5, 0.6) is 5.75 Å². The van der Waals surface area contributed by atoms with E-state index in [1.807, 2.05) is 17.8 Å². The van der Waals surface area contributed by atoms with Crippen molar-refractivity contribution in [1.29, 1.82) is 0 Å². The summed E-state index contributed by atoms with van der Waals surface area (Å²) in [5.74, 6) is 1.22. The molecule has 1 saturated carbocycles. The molecule has 0 aromatic heterocycles. The molecule has 148 valence electrons. The van der Waals surface area contributed by atoms with Gasteiger partial charge in [-0.05, 0) is 91.8 Å². The third-order valence-corrected chi connectivity index (χ3v) is 8.53. The van der Waals surface area contributed by atoms with Crippen molar-refractivity contribution in [2.75, 3.05) is 19.3 Å². The van der Waals surface area contributed by atoms with E-state index in [-0.39, 0.29) is 0 Å². The highest BCUT2D eigenvalue weighted by Gasteiger charge is 2.53. The van der Waals surface area contributed by atoms with Gasteiger partial charge in [-0.15, -0.1) is 11.8 Å². The fourth-order valence-electron chi connectivity index (χ4n) is 6.42. The van der Waals surface area contributed by atoms with Crippen LogP contribution in [0, 0.1) is 5.92 Å². The Labute approximate surface area is 173 Å². The minimum Gasteiger partial charge on any atom is -0.508 e. The zero-order chi connectivity index (χ0) is 19.1. The standard InChI is InChI=1S/C25H31NOS/c1-28-21-9-5-18(6-10-21)11-14-26-15-13-25-12-3-2-4-22(25)24(26)16-19-7-8-20(27)17-23(19)25/h5-10,17,22,24,27H,2-4,11-16H2,1H3. The lowest BCUT2D eigenvalue weighted by atomic mass is 9.52. The lowest BCUT2D eigenvalue weighted by molar-refractivity contribution is -0.0106. The molecule has 5 rings (SSSR count). The molecule has 3 atom stereocenters. The average molecular weight is 394 g/mol. The van der Waals surface area contributed by atoms with E-state index in [9.17, 15) is 5.11 Å². The molecular formula is C25H31NOS. The van der Waals surface area contributed by atoms with Crippen LogP contribution >= 0.6 is 11.8 Å². The van der Waals surface area contributed by atoms with E-state index in [4.69, 9.17) is 0 Å². The molecule has 1 heterocycles. The molecule has 2 aromatic rings. The molecule has 1 N–H and O–H groups in total. The number of nitrogens with zero attached hydrogens (tertiary/aromatic N) is 1. The molecule has 2 aliphatic carbocycles. The number of benzene rings is 2. The third kappa shape index (κ3) is 3.07. The minimum absolute atomic E-state index is 0.325. The summed E-state index contributed by atoms with van der Waals surface area (Å²) >= 11 is 1.81. The molecule has 2 fully saturated rings. The number of hydrogen-bond acceptors (Lipinski definition) is 3. The Balaban J connectivity index is 1.39. The molecule has 2 aromatic carbocycles. The maximum absolute atomic E-state index is 10.2. The molecule has 3 unspecified atom stereocenters. The number of piperidine rings is 1. The van der Waals surface area contributed by atoms with E-state index in [1.165, 1.54) is 66.8 Å². The molecule has 3 heteroatoms. The Morgan fingerprint density at radius 2 is 1.96 bits per heavy atom. The van der Waals surface area contributed by atoms with Crippen molar-refractivity contribution < 1.29 is 5.11 Å². The summed E-state index contributed by atoms with van der Waals surface area (Å²) in [6.07, 6.45) is 11.1. The molecule has 2 bridgehead atoms. The van der Waals surface area contributed by atoms with Crippen LogP contribution in [0.4, 0.5) is 0 Å². The first-order chi connectivity index (χ1) is 13.7. The first-order valence-electron chi connectivity index (χ1n) is 10.9. The highest BCUT2D eigenvalue weighted by atomic mass is 32.2. The number of likely N-dealkylation sites (tertiary alicyclic amines) is 1. The van der Waals surface area contributed by atoms with Gasteiger partial charge in [-0.1, -0.05) is 31.0 Å². The molecule has 3 aliphatic rings. The van der Waals surface area contributed by atoms with Crippen molar-refractivity contribution in [3.8, 4) is 5.75 Å². The number of thioether (sulfide) groups is 1. The van der Waals surface area contributed by atoms with E-state index in [0.717, 1.165) is 18.8 Å². The third-order valence-electron chi connectivity index (χ3n) is 7.78. The molecule has 2 nitrogen and oxygen atoms in total. The lowest BCUT2D eigenvalue weighted by Gasteiger charge is -2.59. The van der Waals surface area contributed by atoms with Gasteiger partial charge >= 0.3 is 0 Å². The van der Waals surface area contributed by atoms with Crippen molar-refractivity contribution >= 4 is 11.8 Å². The van der Waals surface area contributed by atoms with Gasteiger partial charge in [0.2, 0.25) is 0 Å². The van der Waals surface area contributed by atoms with Crippen LogP contribution in [0.1, 0.15) is 48.8 Å². The van der Waals surface area contributed by atoms with Crippen LogP contribution in [0.15, 0.2) is 47.4 Å². The van der Waals surface area contributed by atoms with Crippen LogP contribution in [-0.4, -0.2) is 35.4 Å². The van der Waals surface area contributed by atoms with Gasteiger partial charge in [0.25, 0.3) is 0 Å². The molecule has 0 spiro atoms. The first-order valence-corrected chi connectivity index (χ1v) is 12.1. The van der Waals surface area contributed by atoms with Crippen molar-refractivity contribution in [1.82, 2.24) is 4.90 Å². The van der Waals surface area contributed by atoms with Crippen molar-refractivity contribution in [2.24, 2.45) is 5.92 Å². The maximum Gasteiger partial charge on any atom is 0.115 e. The highest BCUT2D eigenvalue weighted by Crippen LogP contribution is 2.56. The Kier molecular flexibility index (Phi) is 4.92. The van der Waals surface area contributed by atoms with E-state index < -0.39 is 0 Å². The minimum atomic E-state index is 0.325. The van der Waals surface area contributed by atoms with Gasteiger partial charge in [0, 0.05) is 22.9 Å². The van der Waals surface area contributed by atoms with Gasteiger partial charge in [-0.3, -0.25) is 4.90 Å². The lowest BCUT2D eigenvalue weighted by Crippen LogP contribution is -2.61. The number of phenolic OH excluding ortho intramolecular Hbond substituents is 1. The summed E-state index contributed by atoms with van der Waals surface area (Å²) < 4.78 is 0. The summed E-state index contributed by atoms with van der Waals surface area (Å²) in [4.78, 5) is 4.15. The van der Waals surface area contributed by atoms with E-state index in [0.29, 0.717) is 17.2 Å². The SMILES string of the molecule is CSc1ccc(CCN2CCC34CCCCC3C2Cc2ccc(O)cc24)cc1. The second-order valence-corrected chi connectivity index (χ2v) is 9.89. The van der Waals surface area contributed by atoms with E-state index in [1.54, 1.807) is 0 Å². The quantitative estimate of drug-likeness (QED) is 0.702. The van der Waals surface area contributed by atoms with Gasteiger partial charge in [-0.2, -0.15) is 0 Å². The largest absolute Gasteiger partial charge is 0.508 e. The molecular weight excluding hydrogens is 362 g/mol. The van der Waals surface area contributed by atoms with E-state index in [2.05, 4.69) is 47.6 Å². The van der Waals surface area contributed by atoms with E-state index >= 15 is 0 Å². The van der Waals surface area contributed by atoms with Gasteiger partial charge in [0.15, 0.2) is 0 Å². The predicted molar refractivity (Wildman–Crippen MR) is 117 cm³/mol. The molecule has 0 amide bonds. The number of rotatable bonds is 4. The van der Waals surface area contributed by atoms with Gasteiger partial charge in [0.05, 0.1) is 0 Å². The van der Waals surface area contributed by atoms with Crippen molar-refractivity contribution in [3.63, 3.8) is 0 Å². The second-order valence-electron chi connectivity index (χ2n) is 9.01. The Morgan fingerprint density at radius 1 is 1.11 bits per heavy atom. The van der Waals surface area contributed by atoms with Crippen LogP contribution < -0.4 is 0 Å². The summed E-state index contributed by atoms with van der Waals surface area (Å²) in [5.41, 5.74) is 4.77. The van der Waals surface area contributed by atoms with Gasteiger partial charge in [0.1, 0.15) is 5.75 Å². The molecule has 1 aliphatic heterocycles. The molecule has 1 saturated heterocycles. The normalized spacial score (nSPS) is 29.2. The summed E-state index contributed by atoms with van der Waals surface area (Å²) in [5, 5.41) is 10.2. The predicted octanol–water partition coefficient (Wildman–Crippen LogP) is 5.42. The number of aromatic hydroxyl groups is 1. The number of fused-ring (bicyclic) bond motifs is 1. The number of phenols is 1. The van der Waals surface area contributed by atoms with Crippen LogP contribution in [0.25, 0.3) is 0 Å². The molecule has 28 heavy (non-hydrogen) atoms. The topological polar surface area (TPSA) is 23.5 Å². The maximum atomic E-state index is 10.2. The summed E-state index contributed by atoms with van der Waals surface area (Å²) in [6, 6.07) is 16.0. The Morgan fingerprint density at radius 3 is 2.79 bits per heavy atom. The van der Waals surface area contributed by atoms with Gasteiger partial charge in [-0.25, -0.2) is 0 Å². The monoisotopic (exact) mass is 393 g/mol. The smallest absolute Gasteiger partial charge is 0.115 e. The fourth-order valence-corrected chi connectivity index (χ4v) is 6.82. The zero-order valence-electron chi connectivity index (χ0n) is 16.9. The summed E-state index contributed by atoms with van der Waals surface area (Å²) in [6.45, 7) is 2.38. The first kappa shape index (κ1) is 18.6. The van der Waals surface area contributed by atoms with Crippen molar-refractivity contribution in [2.45, 2.75) is 61.3 Å². The Hall–Kier alpha value is -1.45. The second kappa shape index (κ2) is 7.42. The average Bonchev–Trinajstić information content (AvgIpc) is 2.74. The summed E-state index contributed by atoms with van der Waals surface area (Å²) in [7, 11) is 0. The van der Waals surface area contributed by atoms with Crippen molar-refractivity contribution in [3.05, 3.63) is 59.2 Å². The molecule has 0 radical (unpaired) electrons. The fraction of sp³-hybridized carbons (Fsp3) is 0.520. The van der Waals surface area contributed by atoms with Crippen LogP contribution in [-0.2, 0) is 18.3 Å². The number of hydrogen-bond donors (Lipinski definition) is 1.